The molecule has 1 saturated heterocycles. The van der Waals surface area contributed by atoms with Crippen molar-refractivity contribution >= 4 is 17.5 Å². The standard InChI is InChI=1S/C21H31N3O2/c1-16(2)7-10-22-19(25)21(8-9-21)20(26)24-13-11-23(12-14-24)18-6-4-5-17(3)15-18/h4-6,15-16H,7-14H2,1-3H3,(H,22,25). The van der Waals surface area contributed by atoms with Gasteiger partial charge >= 0.3 is 0 Å². The van der Waals surface area contributed by atoms with Gasteiger partial charge in [0, 0.05) is 38.4 Å². The van der Waals surface area contributed by atoms with Gasteiger partial charge in [-0.2, -0.15) is 0 Å². The normalized spacial score (nSPS) is 18.8. The molecule has 26 heavy (non-hydrogen) atoms. The van der Waals surface area contributed by atoms with Crippen LogP contribution in [0.15, 0.2) is 24.3 Å². The van der Waals surface area contributed by atoms with Gasteiger partial charge in [-0.25, -0.2) is 0 Å². The first-order valence-electron chi connectivity index (χ1n) is 9.82. The molecular weight excluding hydrogens is 326 g/mol. The van der Waals surface area contributed by atoms with Gasteiger partial charge in [0.1, 0.15) is 5.41 Å². The van der Waals surface area contributed by atoms with Crippen molar-refractivity contribution in [1.82, 2.24) is 10.2 Å². The molecule has 142 valence electrons. The monoisotopic (exact) mass is 357 g/mol. The first-order valence-corrected chi connectivity index (χ1v) is 9.82. The van der Waals surface area contributed by atoms with Crippen molar-refractivity contribution in [2.24, 2.45) is 11.3 Å². The summed E-state index contributed by atoms with van der Waals surface area (Å²) < 4.78 is 0. The van der Waals surface area contributed by atoms with Crippen LogP contribution in [0, 0.1) is 18.3 Å². The second-order valence-electron chi connectivity index (χ2n) is 8.14. The third kappa shape index (κ3) is 4.02. The first kappa shape index (κ1) is 18.7. The van der Waals surface area contributed by atoms with Gasteiger partial charge in [-0.1, -0.05) is 26.0 Å². The zero-order valence-corrected chi connectivity index (χ0v) is 16.3. The quantitative estimate of drug-likeness (QED) is 0.796. The highest BCUT2D eigenvalue weighted by atomic mass is 16.2. The summed E-state index contributed by atoms with van der Waals surface area (Å²) in [6.07, 6.45) is 2.33. The number of benzene rings is 1. The van der Waals surface area contributed by atoms with Crippen molar-refractivity contribution in [2.45, 2.75) is 40.0 Å². The van der Waals surface area contributed by atoms with Gasteiger partial charge in [0.25, 0.3) is 0 Å². The number of aryl methyl sites for hydroxylation is 1. The van der Waals surface area contributed by atoms with Crippen molar-refractivity contribution in [3.05, 3.63) is 29.8 Å². The second-order valence-corrected chi connectivity index (χ2v) is 8.14. The lowest BCUT2D eigenvalue weighted by molar-refractivity contribution is -0.144. The Balaban J connectivity index is 1.54. The maximum absolute atomic E-state index is 13.0. The molecule has 5 nitrogen and oxygen atoms in total. The Morgan fingerprint density at radius 3 is 2.42 bits per heavy atom. The van der Waals surface area contributed by atoms with Gasteiger partial charge in [0.15, 0.2) is 0 Å². The van der Waals surface area contributed by atoms with E-state index in [0.717, 1.165) is 19.5 Å². The van der Waals surface area contributed by atoms with Gasteiger partial charge in [0.2, 0.25) is 11.8 Å². The summed E-state index contributed by atoms with van der Waals surface area (Å²) in [4.78, 5) is 29.7. The van der Waals surface area contributed by atoms with E-state index in [9.17, 15) is 9.59 Å². The predicted molar refractivity (Wildman–Crippen MR) is 104 cm³/mol. The van der Waals surface area contributed by atoms with E-state index in [1.54, 1.807) is 0 Å². The Morgan fingerprint density at radius 2 is 1.85 bits per heavy atom. The summed E-state index contributed by atoms with van der Waals surface area (Å²) >= 11 is 0. The average Bonchev–Trinajstić information content (AvgIpc) is 3.43. The fourth-order valence-corrected chi connectivity index (χ4v) is 3.60. The number of carbonyl (C=O) groups excluding carboxylic acids is 2. The maximum Gasteiger partial charge on any atom is 0.238 e. The lowest BCUT2D eigenvalue weighted by Gasteiger charge is -2.37. The van der Waals surface area contributed by atoms with E-state index in [-0.39, 0.29) is 11.8 Å². The van der Waals surface area contributed by atoms with Crippen molar-refractivity contribution in [1.29, 1.82) is 0 Å². The molecule has 0 aromatic heterocycles. The van der Waals surface area contributed by atoms with E-state index in [2.05, 4.69) is 55.3 Å². The zero-order chi connectivity index (χ0) is 18.7. The van der Waals surface area contributed by atoms with E-state index < -0.39 is 5.41 Å². The minimum atomic E-state index is -0.775. The number of anilines is 1. The first-order chi connectivity index (χ1) is 12.4. The van der Waals surface area contributed by atoms with Crippen LogP contribution in [0.2, 0.25) is 0 Å². The molecule has 1 saturated carbocycles. The summed E-state index contributed by atoms with van der Waals surface area (Å²) in [7, 11) is 0. The molecule has 0 atom stereocenters. The predicted octanol–water partition coefficient (Wildman–Crippen LogP) is 2.59. The molecule has 2 aliphatic rings. The van der Waals surface area contributed by atoms with Gasteiger partial charge in [-0.15, -0.1) is 0 Å². The van der Waals surface area contributed by atoms with Crippen LogP contribution in [0.25, 0.3) is 0 Å². The molecule has 0 spiro atoms. The van der Waals surface area contributed by atoms with Gasteiger partial charge in [0.05, 0.1) is 0 Å². The third-order valence-electron chi connectivity index (χ3n) is 5.53. The van der Waals surface area contributed by atoms with E-state index in [1.165, 1.54) is 11.3 Å². The third-order valence-corrected chi connectivity index (χ3v) is 5.53. The van der Waals surface area contributed by atoms with Crippen LogP contribution in [0.1, 0.15) is 38.7 Å². The smallest absolute Gasteiger partial charge is 0.238 e. The Hall–Kier alpha value is -2.04. The molecule has 1 aliphatic heterocycles. The lowest BCUT2D eigenvalue weighted by Crippen LogP contribution is -2.53. The van der Waals surface area contributed by atoms with Crippen LogP contribution in [-0.2, 0) is 9.59 Å². The second kappa shape index (κ2) is 7.68. The Kier molecular flexibility index (Phi) is 5.54. The van der Waals surface area contributed by atoms with Gasteiger partial charge in [-0.3, -0.25) is 9.59 Å². The highest BCUT2D eigenvalue weighted by molar-refractivity contribution is 6.07. The number of hydrogen-bond donors (Lipinski definition) is 1. The summed E-state index contributed by atoms with van der Waals surface area (Å²) in [5.74, 6) is 0.517. The lowest BCUT2D eigenvalue weighted by atomic mass is 10.0. The number of amides is 2. The number of rotatable bonds is 6. The molecule has 2 fully saturated rings. The van der Waals surface area contributed by atoms with Crippen LogP contribution in [0.5, 0.6) is 0 Å². The minimum absolute atomic E-state index is 0.0310. The summed E-state index contributed by atoms with van der Waals surface area (Å²) in [5.41, 5.74) is 1.68. The molecule has 3 rings (SSSR count). The van der Waals surface area contributed by atoms with Crippen molar-refractivity contribution < 1.29 is 9.59 Å². The Labute approximate surface area is 156 Å². The molecule has 0 bridgehead atoms. The largest absolute Gasteiger partial charge is 0.368 e. The molecule has 0 unspecified atom stereocenters. The fourth-order valence-electron chi connectivity index (χ4n) is 3.60. The minimum Gasteiger partial charge on any atom is -0.368 e. The Bertz CT molecular complexity index is 659. The number of nitrogens with one attached hydrogen (secondary N) is 1. The van der Waals surface area contributed by atoms with Crippen LogP contribution in [0.3, 0.4) is 0 Å². The van der Waals surface area contributed by atoms with E-state index >= 15 is 0 Å². The number of carbonyl (C=O) groups is 2. The molecule has 1 N–H and O–H groups in total. The molecular formula is C21H31N3O2. The van der Waals surface area contributed by atoms with E-state index in [4.69, 9.17) is 0 Å². The summed E-state index contributed by atoms with van der Waals surface area (Å²) in [6, 6.07) is 8.47. The number of piperazine rings is 1. The van der Waals surface area contributed by atoms with Gasteiger partial charge in [-0.05, 0) is 49.8 Å². The van der Waals surface area contributed by atoms with Crippen LogP contribution in [0.4, 0.5) is 5.69 Å². The molecule has 1 aromatic rings. The topological polar surface area (TPSA) is 52.7 Å². The van der Waals surface area contributed by atoms with Crippen molar-refractivity contribution in [3.63, 3.8) is 0 Å². The van der Waals surface area contributed by atoms with Crippen molar-refractivity contribution in [2.75, 3.05) is 37.6 Å². The van der Waals surface area contributed by atoms with Crippen molar-refractivity contribution in [3.8, 4) is 0 Å². The summed E-state index contributed by atoms with van der Waals surface area (Å²) in [5, 5.41) is 2.98. The highest BCUT2D eigenvalue weighted by Gasteiger charge is 2.58. The van der Waals surface area contributed by atoms with Gasteiger partial charge < -0.3 is 15.1 Å². The maximum atomic E-state index is 13.0. The average molecular weight is 357 g/mol. The number of hydrogen-bond acceptors (Lipinski definition) is 3. The molecule has 0 radical (unpaired) electrons. The Morgan fingerprint density at radius 1 is 1.15 bits per heavy atom. The van der Waals surface area contributed by atoms with Crippen LogP contribution < -0.4 is 10.2 Å². The van der Waals surface area contributed by atoms with Crippen LogP contribution >= 0.6 is 0 Å². The van der Waals surface area contributed by atoms with E-state index in [0.29, 0.717) is 38.4 Å². The molecule has 1 heterocycles. The fraction of sp³-hybridized carbons (Fsp3) is 0.619. The van der Waals surface area contributed by atoms with E-state index in [1.807, 2.05) is 4.90 Å². The molecule has 2 amide bonds. The number of nitrogens with zero attached hydrogens (tertiary/aromatic N) is 2. The SMILES string of the molecule is Cc1cccc(N2CCN(C(=O)C3(C(=O)NCCC(C)C)CC3)CC2)c1. The zero-order valence-electron chi connectivity index (χ0n) is 16.3. The highest BCUT2D eigenvalue weighted by Crippen LogP contribution is 2.47. The molecule has 1 aromatic carbocycles. The summed E-state index contributed by atoms with van der Waals surface area (Å²) in [6.45, 7) is 10.0. The van der Waals surface area contributed by atoms with Crippen LogP contribution in [-0.4, -0.2) is 49.4 Å². The molecule has 5 heteroatoms. The molecule has 1 aliphatic carbocycles.